The van der Waals surface area contributed by atoms with Gasteiger partial charge in [0.15, 0.2) is 0 Å². The van der Waals surface area contributed by atoms with Crippen molar-refractivity contribution in [1.82, 2.24) is 8.75 Å². The van der Waals surface area contributed by atoms with E-state index in [1.54, 1.807) is 18.2 Å². The fraction of sp³-hybridized carbons (Fsp3) is 0.0909. The van der Waals surface area contributed by atoms with Crippen molar-refractivity contribution < 1.29 is 8.42 Å². The molecule has 0 atom stereocenters. The molecule has 3 aromatic rings. The van der Waals surface area contributed by atoms with Crippen LogP contribution in [0.4, 0.5) is 5.69 Å². The zero-order valence-corrected chi connectivity index (χ0v) is 15.2. The second-order valence-corrected chi connectivity index (χ2v) is 9.40. The van der Waals surface area contributed by atoms with Crippen molar-refractivity contribution >= 4 is 77.3 Å². The maximum Gasteiger partial charge on any atom is 0.271 e. The van der Waals surface area contributed by atoms with Crippen LogP contribution in [-0.4, -0.2) is 17.2 Å². The highest BCUT2D eigenvalue weighted by atomic mass is 79.9. The van der Waals surface area contributed by atoms with E-state index in [9.17, 15) is 8.42 Å². The van der Waals surface area contributed by atoms with E-state index in [0.29, 0.717) is 11.0 Å². The largest absolute Gasteiger partial charge is 0.275 e. The molecule has 0 bridgehead atoms. The lowest BCUT2D eigenvalue weighted by atomic mass is 10.3. The van der Waals surface area contributed by atoms with Gasteiger partial charge in [-0.15, -0.1) is 11.3 Å². The summed E-state index contributed by atoms with van der Waals surface area (Å²) in [6.07, 6.45) is 0. The van der Waals surface area contributed by atoms with Gasteiger partial charge in [-0.1, -0.05) is 11.6 Å². The zero-order chi connectivity index (χ0) is 15.2. The summed E-state index contributed by atoms with van der Waals surface area (Å²) in [6.45, 7) is 1.83. The van der Waals surface area contributed by atoms with E-state index in [-0.39, 0.29) is 14.9 Å². The van der Waals surface area contributed by atoms with Crippen LogP contribution in [0.1, 0.15) is 5.56 Å². The number of aryl methyl sites for hydroxylation is 1. The Morgan fingerprint density at radius 2 is 2.10 bits per heavy atom. The van der Waals surface area contributed by atoms with Crippen LogP contribution < -0.4 is 4.72 Å². The Morgan fingerprint density at radius 3 is 2.76 bits per heavy atom. The quantitative estimate of drug-likeness (QED) is 0.681. The van der Waals surface area contributed by atoms with Gasteiger partial charge in [0.05, 0.1) is 26.2 Å². The molecule has 0 aliphatic carbocycles. The number of aromatic nitrogens is 2. The maximum absolute atomic E-state index is 12.5. The van der Waals surface area contributed by atoms with Crippen molar-refractivity contribution in [1.29, 1.82) is 0 Å². The van der Waals surface area contributed by atoms with Crippen LogP contribution >= 0.6 is 50.6 Å². The minimum atomic E-state index is -3.72. The topological polar surface area (TPSA) is 72.0 Å². The van der Waals surface area contributed by atoms with E-state index in [0.717, 1.165) is 32.4 Å². The monoisotopic (exact) mass is 423 g/mol. The number of sulfonamides is 1. The molecule has 0 saturated carbocycles. The van der Waals surface area contributed by atoms with Gasteiger partial charge in [-0.05, 0) is 46.6 Å². The lowest BCUT2D eigenvalue weighted by Crippen LogP contribution is -2.12. The highest BCUT2D eigenvalue weighted by Gasteiger charge is 2.21. The van der Waals surface area contributed by atoms with Gasteiger partial charge in [-0.3, -0.25) is 4.72 Å². The van der Waals surface area contributed by atoms with Crippen LogP contribution in [0.25, 0.3) is 11.0 Å². The van der Waals surface area contributed by atoms with Crippen LogP contribution in [0.5, 0.6) is 0 Å². The predicted octanol–water partition coefficient (Wildman–Crippen LogP) is 4.28. The number of rotatable bonds is 3. The molecule has 110 valence electrons. The van der Waals surface area contributed by atoms with E-state index < -0.39 is 10.0 Å². The number of benzene rings is 1. The lowest BCUT2D eigenvalue weighted by Gasteiger charge is -2.08. The minimum Gasteiger partial charge on any atom is -0.275 e. The number of halogens is 2. The summed E-state index contributed by atoms with van der Waals surface area (Å²) in [5, 5.41) is 0.283. The Bertz CT molecular complexity index is 916. The van der Waals surface area contributed by atoms with Crippen LogP contribution in [0.2, 0.25) is 5.02 Å². The molecule has 1 N–H and O–H groups in total. The molecule has 5 nitrogen and oxygen atoms in total. The third kappa shape index (κ3) is 2.80. The first-order valence-corrected chi connectivity index (χ1v) is 9.78. The number of anilines is 1. The average Bonchev–Trinajstić information content (AvgIpc) is 3.01. The molecule has 0 fully saturated rings. The fourth-order valence-electron chi connectivity index (χ4n) is 1.67. The standard InChI is InChI=1S/C11H7BrClN3O2S3/c1-5-4-8(19-11(5)12)21(17,18)16-9-6(13)2-3-7-10(9)15-20-14-7/h2-4,16H,1H3. The first-order valence-electron chi connectivity index (χ1n) is 5.58. The molecule has 0 radical (unpaired) electrons. The molecule has 0 unspecified atom stereocenters. The van der Waals surface area contributed by atoms with Gasteiger partial charge in [-0.25, -0.2) is 8.42 Å². The van der Waals surface area contributed by atoms with Crippen LogP contribution in [0.15, 0.2) is 26.2 Å². The molecule has 0 aliphatic heterocycles. The Labute approximate surface area is 142 Å². The average molecular weight is 425 g/mol. The minimum absolute atomic E-state index is 0.211. The SMILES string of the molecule is Cc1cc(S(=O)(=O)Nc2c(Cl)ccc3nsnc23)sc1Br. The van der Waals surface area contributed by atoms with Gasteiger partial charge >= 0.3 is 0 Å². The van der Waals surface area contributed by atoms with Crippen molar-refractivity contribution in [3.63, 3.8) is 0 Å². The third-order valence-corrected chi connectivity index (χ3v) is 7.53. The summed E-state index contributed by atoms with van der Waals surface area (Å²) in [5.41, 5.74) is 2.17. The molecule has 1 aromatic carbocycles. The predicted molar refractivity (Wildman–Crippen MR) is 90.0 cm³/mol. The maximum atomic E-state index is 12.5. The molecular formula is C11H7BrClN3O2S3. The van der Waals surface area contributed by atoms with E-state index in [1.165, 1.54) is 0 Å². The normalized spacial score (nSPS) is 12.0. The Kier molecular flexibility index (Phi) is 3.95. The Hall–Kier alpha value is -0.740. The van der Waals surface area contributed by atoms with Crippen LogP contribution in [0.3, 0.4) is 0 Å². The summed E-state index contributed by atoms with van der Waals surface area (Å²) < 4.78 is 36.6. The molecule has 3 rings (SSSR count). The second kappa shape index (κ2) is 5.47. The van der Waals surface area contributed by atoms with E-state index in [1.807, 2.05) is 6.92 Å². The van der Waals surface area contributed by atoms with Gasteiger partial charge in [0, 0.05) is 0 Å². The van der Waals surface area contributed by atoms with Crippen molar-refractivity contribution in [3.05, 3.63) is 32.6 Å². The molecule has 21 heavy (non-hydrogen) atoms. The van der Waals surface area contributed by atoms with Crippen molar-refractivity contribution in [2.24, 2.45) is 0 Å². The lowest BCUT2D eigenvalue weighted by molar-refractivity contribution is 0.603. The van der Waals surface area contributed by atoms with E-state index in [4.69, 9.17) is 11.6 Å². The van der Waals surface area contributed by atoms with E-state index >= 15 is 0 Å². The number of nitrogens with zero attached hydrogens (tertiary/aromatic N) is 2. The number of hydrogen-bond donors (Lipinski definition) is 1. The van der Waals surface area contributed by atoms with Gasteiger partial charge in [-0.2, -0.15) is 8.75 Å². The number of thiophene rings is 1. The van der Waals surface area contributed by atoms with Gasteiger partial charge in [0.1, 0.15) is 15.2 Å². The molecule has 0 aliphatic rings. The molecule has 0 amide bonds. The summed E-state index contributed by atoms with van der Waals surface area (Å²) in [4.78, 5) is 0. The molecule has 10 heteroatoms. The van der Waals surface area contributed by atoms with Crippen molar-refractivity contribution in [2.75, 3.05) is 4.72 Å². The third-order valence-electron chi connectivity index (χ3n) is 2.71. The molecule has 2 heterocycles. The highest BCUT2D eigenvalue weighted by Crippen LogP contribution is 2.35. The van der Waals surface area contributed by atoms with Gasteiger partial charge < -0.3 is 0 Å². The fourth-order valence-corrected chi connectivity index (χ4v) is 5.78. The van der Waals surface area contributed by atoms with Crippen molar-refractivity contribution in [2.45, 2.75) is 11.1 Å². The summed E-state index contributed by atoms with van der Waals surface area (Å²) in [7, 11) is -3.72. The van der Waals surface area contributed by atoms with Gasteiger partial charge in [0.2, 0.25) is 0 Å². The Morgan fingerprint density at radius 1 is 1.33 bits per heavy atom. The Balaban J connectivity index is 2.09. The first-order chi connectivity index (χ1) is 9.88. The number of fused-ring (bicyclic) bond motifs is 1. The van der Waals surface area contributed by atoms with Gasteiger partial charge in [0.25, 0.3) is 10.0 Å². The van der Waals surface area contributed by atoms with Crippen molar-refractivity contribution in [3.8, 4) is 0 Å². The summed E-state index contributed by atoms with van der Waals surface area (Å²) in [6, 6.07) is 4.90. The first kappa shape index (κ1) is 15.2. The summed E-state index contributed by atoms with van der Waals surface area (Å²) in [5.74, 6) is 0. The second-order valence-electron chi connectivity index (χ2n) is 4.18. The van der Waals surface area contributed by atoms with Crippen LogP contribution in [0, 0.1) is 6.92 Å². The molecule has 2 aromatic heterocycles. The van der Waals surface area contributed by atoms with E-state index in [2.05, 4.69) is 29.4 Å². The summed E-state index contributed by atoms with van der Waals surface area (Å²) >= 11 is 11.6. The number of hydrogen-bond acceptors (Lipinski definition) is 6. The molecular weight excluding hydrogens is 418 g/mol. The smallest absolute Gasteiger partial charge is 0.271 e. The zero-order valence-electron chi connectivity index (χ0n) is 10.4. The molecule has 0 spiro atoms. The number of nitrogens with one attached hydrogen (secondary N) is 1. The van der Waals surface area contributed by atoms with Crippen LogP contribution in [-0.2, 0) is 10.0 Å². The highest BCUT2D eigenvalue weighted by molar-refractivity contribution is 9.11. The molecule has 0 saturated heterocycles.